The molecule has 0 spiro atoms. The van der Waals surface area contributed by atoms with Gasteiger partial charge in [-0.2, -0.15) is 0 Å². The fourth-order valence-corrected chi connectivity index (χ4v) is 2.42. The molecule has 0 unspecified atom stereocenters. The number of hydrogen-bond donors (Lipinski definition) is 2. The molecule has 6 nitrogen and oxygen atoms in total. The molecule has 1 aromatic heterocycles. The van der Waals surface area contributed by atoms with Crippen LogP contribution >= 0.6 is 0 Å². The number of carbonyl (C=O) groups excluding carboxylic acids is 1. The van der Waals surface area contributed by atoms with Crippen molar-refractivity contribution in [3.8, 4) is 5.75 Å². The number of carbonyl (C=O) groups is 1. The molecule has 3 aromatic rings. The van der Waals surface area contributed by atoms with Gasteiger partial charge in [-0.3, -0.25) is 4.79 Å². The predicted molar refractivity (Wildman–Crippen MR) is 101 cm³/mol. The summed E-state index contributed by atoms with van der Waals surface area (Å²) in [5.74, 6) is 0.413. The molecular weight excluding hydrogens is 347 g/mol. The van der Waals surface area contributed by atoms with Gasteiger partial charge in [-0.05, 0) is 55.0 Å². The SMILES string of the molecule is COc1ccc(NC(=O)c2cc(C)nc(NCc3ccc(F)cc3)n2)cc1. The van der Waals surface area contributed by atoms with E-state index in [2.05, 4.69) is 20.6 Å². The average Bonchev–Trinajstić information content (AvgIpc) is 2.68. The van der Waals surface area contributed by atoms with E-state index in [-0.39, 0.29) is 17.4 Å². The smallest absolute Gasteiger partial charge is 0.274 e. The largest absolute Gasteiger partial charge is 0.497 e. The zero-order valence-electron chi connectivity index (χ0n) is 15.0. The number of anilines is 2. The number of aryl methyl sites for hydroxylation is 1. The van der Waals surface area contributed by atoms with Gasteiger partial charge in [0, 0.05) is 17.9 Å². The Balaban J connectivity index is 1.69. The average molecular weight is 366 g/mol. The van der Waals surface area contributed by atoms with Crippen LogP contribution in [-0.2, 0) is 6.54 Å². The fraction of sp³-hybridized carbons (Fsp3) is 0.150. The van der Waals surface area contributed by atoms with E-state index in [4.69, 9.17) is 4.74 Å². The summed E-state index contributed by atoms with van der Waals surface area (Å²) >= 11 is 0. The highest BCUT2D eigenvalue weighted by Crippen LogP contribution is 2.16. The first kappa shape index (κ1) is 18.3. The van der Waals surface area contributed by atoms with Crippen molar-refractivity contribution < 1.29 is 13.9 Å². The Kier molecular flexibility index (Phi) is 5.61. The van der Waals surface area contributed by atoms with Crippen molar-refractivity contribution in [3.63, 3.8) is 0 Å². The number of methoxy groups -OCH3 is 1. The first-order chi connectivity index (χ1) is 13.0. The second kappa shape index (κ2) is 8.27. The summed E-state index contributed by atoms with van der Waals surface area (Å²) in [7, 11) is 1.58. The number of amides is 1. The standard InChI is InChI=1S/C20H19FN4O2/c1-13-11-18(19(26)24-16-7-9-17(27-2)10-8-16)25-20(23-13)22-12-14-3-5-15(21)6-4-14/h3-11H,12H2,1-2H3,(H,24,26)(H,22,23,25). The molecule has 138 valence electrons. The van der Waals surface area contributed by atoms with Crippen LogP contribution in [0.3, 0.4) is 0 Å². The molecule has 0 radical (unpaired) electrons. The van der Waals surface area contributed by atoms with Crippen molar-refractivity contribution in [1.29, 1.82) is 0 Å². The minimum Gasteiger partial charge on any atom is -0.497 e. The van der Waals surface area contributed by atoms with Crippen molar-refractivity contribution in [2.45, 2.75) is 13.5 Å². The molecule has 0 aliphatic heterocycles. The molecule has 0 saturated carbocycles. The molecule has 0 atom stereocenters. The molecule has 0 aliphatic rings. The number of rotatable bonds is 6. The number of ether oxygens (including phenoxy) is 1. The van der Waals surface area contributed by atoms with Crippen LogP contribution in [0.15, 0.2) is 54.6 Å². The van der Waals surface area contributed by atoms with Gasteiger partial charge in [0.15, 0.2) is 0 Å². The summed E-state index contributed by atoms with van der Waals surface area (Å²) in [5, 5.41) is 5.84. The lowest BCUT2D eigenvalue weighted by molar-refractivity contribution is 0.102. The third-order valence-corrected chi connectivity index (χ3v) is 3.80. The third kappa shape index (κ3) is 5.01. The number of hydrogen-bond acceptors (Lipinski definition) is 5. The van der Waals surface area contributed by atoms with E-state index in [1.165, 1.54) is 12.1 Å². The maximum Gasteiger partial charge on any atom is 0.274 e. The van der Waals surface area contributed by atoms with Gasteiger partial charge in [-0.25, -0.2) is 14.4 Å². The highest BCUT2D eigenvalue weighted by molar-refractivity contribution is 6.03. The Hall–Kier alpha value is -3.48. The number of nitrogens with zero attached hydrogens (tertiary/aromatic N) is 2. The lowest BCUT2D eigenvalue weighted by Gasteiger charge is -2.09. The molecule has 0 aliphatic carbocycles. The van der Waals surface area contributed by atoms with E-state index in [1.807, 2.05) is 0 Å². The summed E-state index contributed by atoms with van der Waals surface area (Å²) in [6, 6.07) is 14.8. The van der Waals surface area contributed by atoms with Crippen molar-refractivity contribution in [2.75, 3.05) is 17.7 Å². The Labute approximate surface area is 156 Å². The number of nitrogens with one attached hydrogen (secondary N) is 2. The maximum absolute atomic E-state index is 13.0. The second-order valence-corrected chi connectivity index (χ2v) is 5.88. The Morgan fingerprint density at radius 2 is 1.78 bits per heavy atom. The van der Waals surface area contributed by atoms with Crippen LogP contribution in [0.25, 0.3) is 0 Å². The molecule has 2 aromatic carbocycles. The van der Waals surface area contributed by atoms with E-state index < -0.39 is 0 Å². The van der Waals surface area contributed by atoms with Crippen molar-refractivity contribution >= 4 is 17.5 Å². The van der Waals surface area contributed by atoms with Crippen molar-refractivity contribution in [3.05, 3.63) is 77.4 Å². The van der Waals surface area contributed by atoms with E-state index in [1.54, 1.807) is 56.5 Å². The van der Waals surface area contributed by atoms with Crippen LogP contribution in [-0.4, -0.2) is 23.0 Å². The zero-order valence-corrected chi connectivity index (χ0v) is 15.0. The lowest BCUT2D eigenvalue weighted by Crippen LogP contribution is -2.16. The van der Waals surface area contributed by atoms with Gasteiger partial charge in [0.1, 0.15) is 17.3 Å². The van der Waals surface area contributed by atoms with Gasteiger partial charge >= 0.3 is 0 Å². The summed E-state index contributed by atoms with van der Waals surface area (Å²) in [6.45, 7) is 2.21. The lowest BCUT2D eigenvalue weighted by atomic mass is 10.2. The Bertz CT molecular complexity index is 928. The maximum atomic E-state index is 13.0. The van der Waals surface area contributed by atoms with Gasteiger partial charge in [-0.1, -0.05) is 12.1 Å². The number of aromatic nitrogens is 2. The topological polar surface area (TPSA) is 76.1 Å². The fourth-order valence-electron chi connectivity index (χ4n) is 2.42. The van der Waals surface area contributed by atoms with E-state index in [0.717, 1.165) is 5.56 Å². The van der Waals surface area contributed by atoms with Crippen LogP contribution in [0, 0.1) is 12.7 Å². The molecule has 0 fully saturated rings. The highest BCUT2D eigenvalue weighted by Gasteiger charge is 2.11. The van der Waals surface area contributed by atoms with Crippen LogP contribution < -0.4 is 15.4 Å². The van der Waals surface area contributed by atoms with Crippen LogP contribution in [0.5, 0.6) is 5.75 Å². The molecule has 1 amide bonds. The zero-order chi connectivity index (χ0) is 19.2. The molecular formula is C20H19FN4O2. The van der Waals surface area contributed by atoms with Crippen molar-refractivity contribution in [2.24, 2.45) is 0 Å². The number of benzene rings is 2. The van der Waals surface area contributed by atoms with Crippen LogP contribution in [0.4, 0.5) is 16.0 Å². The summed E-state index contributed by atoms with van der Waals surface area (Å²) in [6.07, 6.45) is 0. The first-order valence-electron chi connectivity index (χ1n) is 8.33. The molecule has 1 heterocycles. The summed E-state index contributed by atoms with van der Waals surface area (Å²) in [5.41, 5.74) is 2.43. The molecule has 3 rings (SSSR count). The van der Waals surface area contributed by atoms with Crippen LogP contribution in [0.2, 0.25) is 0 Å². The van der Waals surface area contributed by atoms with Gasteiger partial charge in [0.2, 0.25) is 5.95 Å². The molecule has 27 heavy (non-hydrogen) atoms. The molecule has 0 bridgehead atoms. The quantitative estimate of drug-likeness (QED) is 0.694. The Morgan fingerprint density at radius 1 is 1.07 bits per heavy atom. The van der Waals surface area contributed by atoms with Gasteiger partial charge in [0.05, 0.1) is 7.11 Å². The molecule has 7 heteroatoms. The van der Waals surface area contributed by atoms with E-state index in [9.17, 15) is 9.18 Å². The van der Waals surface area contributed by atoms with Gasteiger partial charge < -0.3 is 15.4 Å². The minimum absolute atomic E-state index is 0.250. The molecule has 0 saturated heterocycles. The first-order valence-corrected chi connectivity index (χ1v) is 8.33. The van der Waals surface area contributed by atoms with Crippen molar-refractivity contribution in [1.82, 2.24) is 9.97 Å². The van der Waals surface area contributed by atoms with Gasteiger partial charge in [-0.15, -0.1) is 0 Å². The highest BCUT2D eigenvalue weighted by atomic mass is 19.1. The predicted octanol–water partition coefficient (Wildman–Crippen LogP) is 3.80. The van der Waals surface area contributed by atoms with Crippen LogP contribution in [0.1, 0.15) is 21.7 Å². The molecule has 2 N–H and O–H groups in total. The number of halogens is 1. The monoisotopic (exact) mass is 366 g/mol. The second-order valence-electron chi connectivity index (χ2n) is 5.88. The Morgan fingerprint density at radius 3 is 2.44 bits per heavy atom. The van der Waals surface area contributed by atoms with Gasteiger partial charge in [0.25, 0.3) is 5.91 Å². The third-order valence-electron chi connectivity index (χ3n) is 3.80. The normalized spacial score (nSPS) is 10.3. The summed E-state index contributed by atoms with van der Waals surface area (Å²) < 4.78 is 18.1. The van der Waals surface area contributed by atoms with E-state index >= 15 is 0 Å². The summed E-state index contributed by atoms with van der Waals surface area (Å²) in [4.78, 5) is 21.0. The minimum atomic E-state index is -0.338. The van der Waals surface area contributed by atoms with E-state index in [0.29, 0.717) is 29.6 Å².